The Bertz CT molecular complexity index is 587. The number of nitrogens with one attached hydrogen (secondary N) is 1. The maximum atomic E-state index is 10.5. The first-order valence-electron chi connectivity index (χ1n) is 5.80. The summed E-state index contributed by atoms with van der Waals surface area (Å²) in [4.78, 5) is 14.5. The van der Waals surface area contributed by atoms with Crippen LogP contribution in [0.5, 0.6) is 0 Å². The van der Waals surface area contributed by atoms with Crippen molar-refractivity contribution in [2.75, 3.05) is 5.32 Å². The lowest BCUT2D eigenvalue weighted by Gasteiger charge is -2.08. The molecule has 0 fully saturated rings. The maximum absolute atomic E-state index is 10.5. The lowest BCUT2D eigenvalue weighted by Crippen LogP contribution is -2.36. The monoisotopic (exact) mass is 277 g/mol. The van der Waals surface area contributed by atoms with Crippen LogP contribution in [0.15, 0.2) is 28.9 Å². The van der Waals surface area contributed by atoms with Crippen LogP contribution in [0.3, 0.4) is 0 Å². The molecule has 0 unspecified atom stereocenters. The molecule has 0 aliphatic heterocycles. The Balaban J connectivity index is 2.23. The third-order valence-electron chi connectivity index (χ3n) is 2.54. The van der Waals surface area contributed by atoms with Crippen molar-refractivity contribution < 1.29 is 14.4 Å². The molecule has 6 nitrogen and oxygen atoms in total. The van der Waals surface area contributed by atoms with Gasteiger partial charge in [-0.2, -0.15) is 0 Å². The summed E-state index contributed by atoms with van der Waals surface area (Å²) in [7, 11) is -1.52. The highest BCUT2D eigenvalue weighted by atomic mass is 28.3. The third kappa shape index (κ3) is 3.19. The van der Waals surface area contributed by atoms with Gasteiger partial charge in [-0.1, -0.05) is 24.8 Å². The van der Waals surface area contributed by atoms with Crippen molar-refractivity contribution in [3.63, 3.8) is 0 Å². The van der Waals surface area contributed by atoms with E-state index < -0.39 is 14.2 Å². The molecule has 0 bridgehead atoms. The summed E-state index contributed by atoms with van der Waals surface area (Å²) in [5, 5.41) is 15.7. The number of pyridine rings is 1. The fourth-order valence-corrected chi connectivity index (χ4v) is 2.38. The molecule has 2 heterocycles. The summed E-state index contributed by atoms with van der Waals surface area (Å²) < 4.78 is 5.35. The zero-order valence-corrected chi connectivity index (χ0v) is 12.0. The predicted octanol–water partition coefficient (Wildman–Crippen LogP) is 2.37. The van der Waals surface area contributed by atoms with Gasteiger partial charge in [0.1, 0.15) is 25.0 Å². The molecule has 2 N–H and O–H groups in total. The van der Waals surface area contributed by atoms with Crippen molar-refractivity contribution in [1.29, 1.82) is 0 Å². The normalized spacial score (nSPS) is 11.3. The van der Waals surface area contributed by atoms with E-state index >= 15 is 0 Å². The largest absolute Gasteiger partial charge is 0.465 e. The highest BCUT2D eigenvalue weighted by Crippen LogP contribution is 2.18. The van der Waals surface area contributed by atoms with Gasteiger partial charge in [-0.05, 0) is 12.1 Å². The molecular weight excluding hydrogens is 262 g/mol. The van der Waals surface area contributed by atoms with E-state index in [0.717, 1.165) is 10.9 Å². The molecule has 0 radical (unpaired) electrons. The summed E-state index contributed by atoms with van der Waals surface area (Å²) in [6.07, 6.45) is 0.430. The number of hydrogen-bond donors (Lipinski definition) is 2. The molecule has 100 valence electrons. The summed E-state index contributed by atoms with van der Waals surface area (Å²) in [6, 6.07) is 5.27. The van der Waals surface area contributed by atoms with Crippen LogP contribution in [-0.2, 0) is 0 Å². The van der Waals surface area contributed by atoms with Gasteiger partial charge in [0.05, 0.1) is 0 Å². The third-order valence-corrected chi connectivity index (χ3v) is 4.26. The molecule has 19 heavy (non-hydrogen) atoms. The molecule has 0 aliphatic carbocycles. The highest BCUT2D eigenvalue weighted by molar-refractivity contribution is 6.87. The van der Waals surface area contributed by atoms with Crippen LogP contribution in [0, 0.1) is 0 Å². The number of nitrogens with zero attached hydrogens (tertiary/aromatic N) is 2. The van der Waals surface area contributed by atoms with Gasteiger partial charge in [0, 0.05) is 17.8 Å². The second kappa shape index (κ2) is 4.85. The predicted molar refractivity (Wildman–Crippen MR) is 74.4 cm³/mol. The molecule has 1 amide bonds. The van der Waals surface area contributed by atoms with Crippen molar-refractivity contribution in [1.82, 2.24) is 10.1 Å². The van der Waals surface area contributed by atoms with Gasteiger partial charge in [0.25, 0.3) is 0 Å². The van der Waals surface area contributed by atoms with Gasteiger partial charge in [0.2, 0.25) is 0 Å². The maximum Gasteiger partial charge on any atom is 0.410 e. The van der Waals surface area contributed by atoms with Crippen molar-refractivity contribution in [2.24, 2.45) is 0 Å². The summed E-state index contributed by atoms with van der Waals surface area (Å²) >= 11 is 0. The summed E-state index contributed by atoms with van der Waals surface area (Å²) in [6.45, 7) is 6.53. The Labute approximate surface area is 111 Å². The second-order valence-corrected chi connectivity index (χ2v) is 10.2. The molecular formula is C12H15N3O3Si. The number of rotatable bonds is 3. The van der Waals surface area contributed by atoms with Crippen molar-refractivity contribution >= 4 is 25.4 Å². The van der Waals surface area contributed by atoms with E-state index in [0.29, 0.717) is 5.69 Å². The molecule has 7 heteroatoms. The number of anilines is 1. The molecule has 0 spiro atoms. The molecule has 0 atom stereocenters. The first-order valence-corrected chi connectivity index (χ1v) is 9.30. The van der Waals surface area contributed by atoms with Gasteiger partial charge in [-0.3, -0.25) is 5.32 Å². The Morgan fingerprint density at radius 2 is 2.11 bits per heavy atom. The van der Waals surface area contributed by atoms with Crippen LogP contribution in [0.2, 0.25) is 19.6 Å². The van der Waals surface area contributed by atoms with E-state index in [9.17, 15) is 4.79 Å². The van der Waals surface area contributed by atoms with Gasteiger partial charge in [-0.15, -0.1) is 0 Å². The van der Waals surface area contributed by atoms with Crippen molar-refractivity contribution in [3.8, 4) is 11.3 Å². The van der Waals surface area contributed by atoms with E-state index in [4.69, 9.17) is 9.63 Å². The average molecular weight is 277 g/mol. The lowest BCUT2D eigenvalue weighted by molar-refractivity contribution is 0.209. The average Bonchev–Trinajstić information content (AvgIpc) is 2.78. The zero-order chi connectivity index (χ0) is 14.0. The molecule has 0 aliphatic rings. The van der Waals surface area contributed by atoms with Crippen LogP contribution in [0.25, 0.3) is 11.3 Å². The number of aromatic nitrogens is 2. The van der Waals surface area contributed by atoms with Crippen LogP contribution in [0.1, 0.15) is 0 Å². The number of carbonyl (C=O) groups is 1. The van der Waals surface area contributed by atoms with E-state index in [-0.39, 0.29) is 5.82 Å². The van der Waals surface area contributed by atoms with Gasteiger partial charge in [-0.25, -0.2) is 9.78 Å². The number of carboxylic acid groups (broad SMARTS) is 1. The van der Waals surface area contributed by atoms with Gasteiger partial charge in [0.15, 0.2) is 0 Å². The zero-order valence-electron chi connectivity index (χ0n) is 11.0. The Kier molecular flexibility index (Phi) is 3.39. The van der Waals surface area contributed by atoms with E-state index in [1.807, 2.05) is 6.07 Å². The van der Waals surface area contributed by atoms with Gasteiger partial charge < -0.3 is 9.63 Å². The Morgan fingerprint density at radius 1 is 1.37 bits per heavy atom. The Morgan fingerprint density at radius 3 is 2.58 bits per heavy atom. The molecule has 2 aromatic rings. The van der Waals surface area contributed by atoms with Gasteiger partial charge >= 0.3 is 6.09 Å². The van der Waals surface area contributed by atoms with Crippen molar-refractivity contribution in [3.05, 3.63) is 24.4 Å². The smallest absolute Gasteiger partial charge is 0.410 e. The summed E-state index contributed by atoms with van der Waals surface area (Å²) in [5.74, 6) is 0.283. The fourth-order valence-electron chi connectivity index (χ4n) is 1.49. The SMILES string of the molecule is C[Si](C)(C)c1cc(-c2ccc(NC(=O)O)nc2)no1. The highest BCUT2D eigenvalue weighted by Gasteiger charge is 2.22. The molecule has 0 aromatic carbocycles. The standard InChI is InChI=1S/C12H15N3O3Si/c1-19(2,3)11-6-9(15-18-11)8-4-5-10(13-7-8)14-12(16)17/h4-7H,1-3H3,(H,13,14)(H,16,17). The Hall–Kier alpha value is -2.15. The van der Waals surface area contributed by atoms with E-state index in [1.54, 1.807) is 18.3 Å². The van der Waals surface area contributed by atoms with Crippen LogP contribution >= 0.6 is 0 Å². The minimum absolute atomic E-state index is 0.283. The van der Waals surface area contributed by atoms with Crippen molar-refractivity contribution in [2.45, 2.75) is 19.6 Å². The first-order chi connectivity index (χ1) is 8.86. The van der Waals surface area contributed by atoms with Crippen LogP contribution in [-0.4, -0.2) is 29.4 Å². The molecule has 2 rings (SSSR count). The summed E-state index contributed by atoms with van der Waals surface area (Å²) in [5.41, 5.74) is 1.51. The quantitative estimate of drug-likeness (QED) is 0.841. The lowest BCUT2D eigenvalue weighted by atomic mass is 10.2. The van der Waals surface area contributed by atoms with Crippen LogP contribution < -0.4 is 10.7 Å². The second-order valence-electron chi connectivity index (χ2n) is 5.19. The van der Waals surface area contributed by atoms with E-state index in [1.165, 1.54) is 0 Å². The molecule has 2 aromatic heterocycles. The number of hydrogen-bond acceptors (Lipinski definition) is 4. The minimum Gasteiger partial charge on any atom is -0.465 e. The first kappa shape index (κ1) is 13.3. The minimum atomic E-state index is -1.52. The van der Waals surface area contributed by atoms with Crippen LogP contribution in [0.4, 0.5) is 10.6 Å². The topological polar surface area (TPSA) is 88.2 Å². The van der Waals surface area contributed by atoms with E-state index in [2.05, 4.69) is 35.1 Å². The number of amides is 1. The fraction of sp³-hybridized carbons (Fsp3) is 0.250. The molecule has 0 saturated heterocycles. The molecule has 0 saturated carbocycles.